The predicted molar refractivity (Wildman–Crippen MR) is 102 cm³/mol. The van der Waals surface area contributed by atoms with Gasteiger partial charge in [0.2, 0.25) is 5.91 Å². The maximum absolute atomic E-state index is 13.6. The number of carbonyl (C=O) groups is 1. The lowest BCUT2D eigenvalue weighted by molar-refractivity contribution is -0.116. The van der Waals surface area contributed by atoms with Crippen molar-refractivity contribution >= 4 is 17.7 Å². The molecule has 6 nitrogen and oxygen atoms in total. The van der Waals surface area contributed by atoms with E-state index in [-0.39, 0.29) is 18.1 Å². The third-order valence-corrected chi connectivity index (χ3v) is 3.67. The van der Waals surface area contributed by atoms with Crippen molar-refractivity contribution in [2.45, 2.75) is 19.8 Å². The zero-order valence-electron chi connectivity index (χ0n) is 15.1. The van der Waals surface area contributed by atoms with Crippen LogP contribution in [0.5, 0.6) is 0 Å². The maximum atomic E-state index is 13.6. The molecule has 0 aliphatic rings. The van der Waals surface area contributed by atoms with Gasteiger partial charge in [-0.1, -0.05) is 24.3 Å². The molecule has 0 spiro atoms. The lowest BCUT2D eigenvalue weighted by atomic mass is 10.1. The van der Waals surface area contributed by atoms with Gasteiger partial charge in [0.25, 0.3) is 0 Å². The van der Waals surface area contributed by atoms with Crippen molar-refractivity contribution < 1.29 is 9.18 Å². The summed E-state index contributed by atoms with van der Waals surface area (Å²) >= 11 is 0. The Balaban J connectivity index is 1.68. The van der Waals surface area contributed by atoms with Crippen molar-refractivity contribution in [2.24, 2.45) is 4.99 Å². The number of aromatic nitrogens is 1. The highest BCUT2D eigenvalue weighted by Crippen LogP contribution is 2.06. The molecule has 0 saturated heterocycles. The third kappa shape index (κ3) is 6.51. The van der Waals surface area contributed by atoms with Crippen LogP contribution in [0.1, 0.15) is 17.7 Å². The summed E-state index contributed by atoms with van der Waals surface area (Å²) in [5, 5.41) is 8.92. The standard InChI is InChI=1S/C19H24FN5O/c1-14-6-5-9-17(24-14)25-18(26)11-13-23-19(21-2)22-12-10-15-7-3-4-8-16(15)20/h3-9H,10-13H2,1-2H3,(H2,21,22,23)(H,24,25,26). The fourth-order valence-corrected chi connectivity index (χ4v) is 2.35. The second-order valence-electron chi connectivity index (χ2n) is 5.73. The van der Waals surface area contributed by atoms with Crippen molar-refractivity contribution in [3.8, 4) is 0 Å². The summed E-state index contributed by atoms with van der Waals surface area (Å²) in [6, 6.07) is 12.2. The molecule has 3 N–H and O–H groups in total. The highest BCUT2D eigenvalue weighted by atomic mass is 19.1. The van der Waals surface area contributed by atoms with Crippen molar-refractivity contribution in [3.05, 3.63) is 59.5 Å². The average molecular weight is 357 g/mol. The van der Waals surface area contributed by atoms with E-state index in [2.05, 4.69) is 25.9 Å². The van der Waals surface area contributed by atoms with Crippen LogP contribution in [-0.4, -0.2) is 37.0 Å². The van der Waals surface area contributed by atoms with Gasteiger partial charge in [-0.15, -0.1) is 0 Å². The van der Waals surface area contributed by atoms with Crippen LogP contribution in [0.25, 0.3) is 0 Å². The van der Waals surface area contributed by atoms with Crippen LogP contribution in [0.15, 0.2) is 47.5 Å². The van der Waals surface area contributed by atoms with Gasteiger partial charge in [0.05, 0.1) is 0 Å². The molecule has 0 saturated carbocycles. The first-order valence-electron chi connectivity index (χ1n) is 8.50. The molecule has 1 amide bonds. The molecule has 1 heterocycles. The van der Waals surface area contributed by atoms with Gasteiger partial charge >= 0.3 is 0 Å². The number of hydrogen-bond acceptors (Lipinski definition) is 3. The number of rotatable bonds is 7. The van der Waals surface area contributed by atoms with E-state index in [0.29, 0.717) is 36.9 Å². The molecular weight excluding hydrogens is 333 g/mol. The zero-order chi connectivity index (χ0) is 18.8. The molecule has 0 radical (unpaired) electrons. The lowest BCUT2D eigenvalue weighted by Gasteiger charge is -2.12. The first-order chi connectivity index (χ1) is 12.6. The van der Waals surface area contributed by atoms with E-state index in [1.807, 2.05) is 25.1 Å². The van der Waals surface area contributed by atoms with E-state index in [1.54, 1.807) is 25.2 Å². The fraction of sp³-hybridized carbons (Fsp3) is 0.316. The van der Waals surface area contributed by atoms with Gasteiger partial charge in [0.1, 0.15) is 11.6 Å². The molecule has 0 unspecified atom stereocenters. The minimum atomic E-state index is -0.210. The van der Waals surface area contributed by atoms with Crippen molar-refractivity contribution in [1.82, 2.24) is 15.6 Å². The lowest BCUT2D eigenvalue weighted by Crippen LogP contribution is -2.39. The van der Waals surface area contributed by atoms with Crippen molar-refractivity contribution in [1.29, 1.82) is 0 Å². The number of benzene rings is 1. The summed E-state index contributed by atoms with van der Waals surface area (Å²) < 4.78 is 13.6. The van der Waals surface area contributed by atoms with Gasteiger partial charge in [-0.3, -0.25) is 9.79 Å². The topological polar surface area (TPSA) is 78.4 Å². The van der Waals surface area contributed by atoms with Crippen molar-refractivity contribution in [3.63, 3.8) is 0 Å². The predicted octanol–water partition coefficient (Wildman–Crippen LogP) is 2.27. The monoisotopic (exact) mass is 357 g/mol. The van der Waals surface area contributed by atoms with Gasteiger partial charge < -0.3 is 16.0 Å². The van der Waals surface area contributed by atoms with Crippen LogP contribution >= 0.6 is 0 Å². The number of nitrogens with one attached hydrogen (secondary N) is 3. The minimum Gasteiger partial charge on any atom is -0.356 e. The van der Waals surface area contributed by atoms with Crippen LogP contribution in [0, 0.1) is 12.7 Å². The average Bonchev–Trinajstić information content (AvgIpc) is 2.62. The maximum Gasteiger partial charge on any atom is 0.227 e. The number of guanidine groups is 1. The number of anilines is 1. The highest BCUT2D eigenvalue weighted by molar-refractivity contribution is 5.90. The zero-order valence-corrected chi connectivity index (χ0v) is 15.1. The number of nitrogens with zero attached hydrogens (tertiary/aromatic N) is 2. The largest absolute Gasteiger partial charge is 0.356 e. The first kappa shape index (κ1) is 19.4. The Kier molecular flexibility index (Phi) is 7.54. The summed E-state index contributed by atoms with van der Waals surface area (Å²) in [5.74, 6) is 0.779. The molecule has 0 aliphatic heterocycles. The quantitative estimate of drug-likeness (QED) is 0.525. The van der Waals surface area contributed by atoms with Gasteiger partial charge in [0, 0.05) is 32.3 Å². The SMILES string of the molecule is CN=C(NCCC(=O)Nc1cccc(C)n1)NCCc1ccccc1F. The number of amides is 1. The van der Waals surface area contributed by atoms with Crippen LogP contribution < -0.4 is 16.0 Å². The minimum absolute atomic E-state index is 0.127. The molecule has 2 rings (SSSR count). The van der Waals surface area contributed by atoms with Gasteiger partial charge in [-0.25, -0.2) is 9.37 Å². The Bertz CT molecular complexity index is 763. The van der Waals surface area contributed by atoms with E-state index in [4.69, 9.17) is 0 Å². The van der Waals surface area contributed by atoms with Gasteiger partial charge in [-0.05, 0) is 37.1 Å². The molecule has 7 heteroatoms. The number of hydrogen-bond donors (Lipinski definition) is 3. The second kappa shape index (κ2) is 10.1. The van der Waals surface area contributed by atoms with E-state index in [9.17, 15) is 9.18 Å². The van der Waals surface area contributed by atoms with Crippen LogP contribution in [-0.2, 0) is 11.2 Å². The smallest absolute Gasteiger partial charge is 0.227 e. The van der Waals surface area contributed by atoms with Crippen molar-refractivity contribution in [2.75, 3.05) is 25.5 Å². The number of aliphatic imine (C=N–C) groups is 1. The first-order valence-corrected chi connectivity index (χ1v) is 8.50. The molecule has 0 bridgehead atoms. The van der Waals surface area contributed by atoms with Crippen LogP contribution in [0.2, 0.25) is 0 Å². The number of aryl methyl sites for hydroxylation is 1. The summed E-state index contributed by atoms with van der Waals surface area (Å²) in [6.07, 6.45) is 0.830. The molecule has 0 fully saturated rings. The normalized spacial score (nSPS) is 11.1. The molecule has 26 heavy (non-hydrogen) atoms. The van der Waals surface area contributed by atoms with Crippen LogP contribution in [0.4, 0.5) is 10.2 Å². The molecular formula is C19H24FN5O. The Morgan fingerprint density at radius 1 is 1.12 bits per heavy atom. The second-order valence-corrected chi connectivity index (χ2v) is 5.73. The van der Waals surface area contributed by atoms with E-state index >= 15 is 0 Å². The Morgan fingerprint density at radius 2 is 1.88 bits per heavy atom. The summed E-state index contributed by atoms with van der Waals surface area (Å²) in [6.45, 7) is 2.84. The summed E-state index contributed by atoms with van der Waals surface area (Å²) in [4.78, 5) is 20.3. The number of pyridine rings is 1. The van der Waals surface area contributed by atoms with E-state index in [1.165, 1.54) is 6.07 Å². The summed E-state index contributed by atoms with van der Waals surface area (Å²) in [7, 11) is 1.65. The molecule has 2 aromatic rings. The Hall–Kier alpha value is -2.96. The Morgan fingerprint density at radius 3 is 2.62 bits per heavy atom. The van der Waals surface area contributed by atoms with E-state index in [0.717, 1.165) is 5.69 Å². The fourth-order valence-electron chi connectivity index (χ4n) is 2.35. The number of carbonyl (C=O) groups excluding carboxylic acids is 1. The molecule has 0 aliphatic carbocycles. The van der Waals surface area contributed by atoms with Gasteiger partial charge in [-0.2, -0.15) is 0 Å². The molecule has 0 atom stereocenters. The summed E-state index contributed by atoms with van der Waals surface area (Å²) in [5.41, 5.74) is 1.50. The third-order valence-electron chi connectivity index (χ3n) is 3.67. The van der Waals surface area contributed by atoms with Gasteiger partial charge in [0.15, 0.2) is 5.96 Å². The highest BCUT2D eigenvalue weighted by Gasteiger charge is 2.05. The number of halogens is 1. The van der Waals surface area contributed by atoms with E-state index < -0.39 is 0 Å². The molecule has 1 aromatic heterocycles. The molecule has 1 aromatic carbocycles. The molecule has 138 valence electrons. The Labute approximate surface area is 152 Å². The van der Waals surface area contributed by atoms with Crippen LogP contribution in [0.3, 0.4) is 0 Å².